The SMILES string of the molecule is CCNC(=O)C=C(C)c1ccc(F)cc1. The number of halogens is 1. The standard InChI is InChI=1S/C12H14FNO/c1-3-14-12(15)8-9(2)10-4-6-11(13)7-5-10/h4-8H,3H2,1-2H3,(H,14,15). The highest BCUT2D eigenvalue weighted by Crippen LogP contribution is 2.13. The minimum atomic E-state index is -0.274. The second-order valence-corrected chi connectivity index (χ2v) is 3.23. The number of amides is 1. The van der Waals surface area contributed by atoms with Crippen molar-refractivity contribution in [1.29, 1.82) is 0 Å². The number of allylic oxidation sites excluding steroid dienone is 1. The van der Waals surface area contributed by atoms with Crippen molar-refractivity contribution in [2.45, 2.75) is 13.8 Å². The average Bonchev–Trinajstić information content (AvgIpc) is 2.18. The molecule has 3 heteroatoms. The third-order valence-corrected chi connectivity index (χ3v) is 2.00. The normalized spacial score (nSPS) is 11.3. The lowest BCUT2D eigenvalue weighted by Gasteiger charge is -2.01. The zero-order chi connectivity index (χ0) is 11.3. The van der Waals surface area contributed by atoms with E-state index in [1.807, 2.05) is 13.8 Å². The summed E-state index contributed by atoms with van der Waals surface area (Å²) in [7, 11) is 0. The molecule has 0 spiro atoms. The molecule has 2 nitrogen and oxygen atoms in total. The minimum Gasteiger partial charge on any atom is -0.353 e. The third kappa shape index (κ3) is 3.54. The summed E-state index contributed by atoms with van der Waals surface area (Å²) in [4.78, 5) is 11.2. The van der Waals surface area contributed by atoms with Crippen LogP contribution in [0.1, 0.15) is 19.4 Å². The maximum Gasteiger partial charge on any atom is 0.244 e. The highest BCUT2D eigenvalue weighted by molar-refractivity contribution is 5.94. The lowest BCUT2D eigenvalue weighted by Crippen LogP contribution is -2.20. The van der Waals surface area contributed by atoms with Gasteiger partial charge in [-0.2, -0.15) is 0 Å². The van der Waals surface area contributed by atoms with Crippen LogP contribution in [0.3, 0.4) is 0 Å². The fourth-order valence-corrected chi connectivity index (χ4v) is 1.22. The van der Waals surface area contributed by atoms with E-state index < -0.39 is 0 Å². The molecule has 0 heterocycles. The molecule has 0 aliphatic rings. The van der Waals surface area contributed by atoms with E-state index in [-0.39, 0.29) is 11.7 Å². The molecule has 0 aliphatic heterocycles. The Hall–Kier alpha value is -1.64. The van der Waals surface area contributed by atoms with Crippen molar-refractivity contribution in [3.05, 3.63) is 41.7 Å². The first-order valence-corrected chi connectivity index (χ1v) is 4.85. The lowest BCUT2D eigenvalue weighted by molar-refractivity contribution is -0.116. The van der Waals surface area contributed by atoms with Crippen LogP contribution < -0.4 is 5.32 Å². The first kappa shape index (κ1) is 11.4. The molecule has 0 atom stereocenters. The van der Waals surface area contributed by atoms with Crippen molar-refractivity contribution >= 4 is 11.5 Å². The summed E-state index contributed by atoms with van der Waals surface area (Å²) >= 11 is 0. The van der Waals surface area contributed by atoms with Gasteiger partial charge in [-0.05, 0) is 37.1 Å². The molecular formula is C12H14FNO. The number of nitrogens with one attached hydrogen (secondary N) is 1. The van der Waals surface area contributed by atoms with Crippen LogP contribution in [-0.4, -0.2) is 12.5 Å². The van der Waals surface area contributed by atoms with Gasteiger partial charge in [-0.15, -0.1) is 0 Å². The van der Waals surface area contributed by atoms with E-state index >= 15 is 0 Å². The first-order chi connectivity index (χ1) is 7.13. The molecule has 1 amide bonds. The second-order valence-electron chi connectivity index (χ2n) is 3.23. The van der Waals surface area contributed by atoms with Crippen LogP contribution in [-0.2, 0) is 4.79 Å². The number of hydrogen-bond acceptors (Lipinski definition) is 1. The maximum absolute atomic E-state index is 12.6. The Morgan fingerprint density at radius 2 is 2.00 bits per heavy atom. The molecule has 0 radical (unpaired) electrons. The van der Waals surface area contributed by atoms with E-state index in [9.17, 15) is 9.18 Å². The van der Waals surface area contributed by atoms with Gasteiger partial charge in [0.2, 0.25) is 5.91 Å². The Labute approximate surface area is 88.8 Å². The fourth-order valence-electron chi connectivity index (χ4n) is 1.22. The van der Waals surface area contributed by atoms with Crippen molar-refractivity contribution in [2.24, 2.45) is 0 Å². The van der Waals surface area contributed by atoms with Gasteiger partial charge < -0.3 is 5.32 Å². The quantitative estimate of drug-likeness (QED) is 0.757. The van der Waals surface area contributed by atoms with E-state index in [0.29, 0.717) is 6.54 Å². The average molecular weight is 207 g/mol. The van der Waals surface area contributed by atoms with Crippen LogP contribution in [0, 0.1) is 5.82 Å². The number of benzene rings is 1. The highest BCUT2D eigenvalue weighted by Gasteiger charge is 1.99. The molecule has 1 aromatic rings. The molecule has 15 heavy (non-hydrogen) atoms. The van der Waals surface area contributed by atoms with Crippen molar-refractivity contribution in [2.75, 3.05) is 6.54 Å². The molecule has 0 aliphatic carbocycles. The van der Waals surface area contributed by atoms with Gasteiger partial charge in [0.1, 0.15) is 5.82 Å². The second kappa shape index (κ2) is 5.29. The zero-order valence-electron chi connectivity index (χ0n) is 8.88. The summed E-state index contributed by atoms with van der Waals surface area (Å²) in [6, 6.07) is 6.07. The summed E-state index contributed by atoms with van der Waals surface area (Å²) < 4.78 is 12.6. The van der Waals surface area contributed by atoms with Crippen molar-refractivity contribution < 1.29 is 9.18 Å². The number of rotatable bonds is 3. The van der Waals surface area contributed by atoms with Crippen LogP contribution in [0.15, 0.2) is 30.3 Å². The highest BCUT2D eigenvalue weighted by atomic mass is 19.1. The Bertz CT molecular complexity index is 368. The molecule has 1 rings (SSSR count). The smallest absolute Gasteiger partial charge is 0.244 e. The molecule has 1 aromatic carbocycles. The molecule has 0 unspecified atom stereocenters. The van der Waals surface area contributed by atoms with Gasteiger partial charge in [0.05, 0.1) is 0 Å². The molecule has 0 fully saturated rings. The van der Waals surface area contributed by atoms with Gasteiger partial charge in [0, 0.05) is 12.6 Å². The Morgan fingerprint density at radius 1 is 1.40 bits per heavy atom. The molecule has 1 N–H and O–H groups in total. The van der Waals surface area contributed by atoms with Gasteiger partial charge in [-0.1, -0.05) is 12.1 Å². The van der Waals surface area contributed by atoms with Crippen molar-refractivity contribution in [3.8, 4) is 0 Å². The summed E-state index contributed by atoms with van der Waals surface area (Å²) in [5.41, 5.74) is 1.67. The number of carbonyl (C=O) groups is 1. The number of carbonyl (C=O) groups excluding carboxylic acids is 1. The predicted octanol–water partition coefficient (Wildman–Crippen LogP) is 2.37. The van der Waals surface area contributed by atoms with Gasteiger partial charge in [-0.25, -0.2) is 4.39 Å². The van der Waals surface area contributed by atoms with Crippen LogP contribution in [0.5, 0.6) is 0 Å². The van der Waals surface area contributed by atoms with Gasteiger partial charge in [-0.3, -0.25) is 4.79 Å². The molecule has 0 bridgehead atoms. The monoisotopic (exact) mass is 207 g/mol. The van der Waals surface area contributed by atoms with Gasteiger partial charge in [0.25, 0.3) is 0 Å². The van der Waals surface area contributed by atoms with Gasteiger partial charge in [0.15, 0.2) is 0 Å². The third-order valence-electron chi connectivity index (χ3n) is 2.00. The van der Waals surface area contributed by atoms with Crippen LogP contribution >= 0.6 is 0 Å². The minimum absolute atomic E-state index is 0.126. The first-order valence-electron chi connectivity index (χ1n) is 4.85. The topological polar surface area (TPSA) is 29.1 Å². The predicted molar refractivity (Wildman–Crippen MR) is 58.7 cm³/mol. The summed E-state index contributed by atoms with van der Waals surface area (Å²) in [5.74, 6) is -0.399. The molecular weight excluding hydrogens is 193 g/mol. The molecule has 0 aromatic heterocycles. The summed E-state index contributed by atoms with van der Waals surface area (Å²) in [6.07, 6.45) is 1.51. The molecule has 0 saturated heterocycles. The Kier molecular flexibility index (Phi) is 4.03. The van der Waals surface area contributed by atoms with Crippen molar-refractivity contribution in [1.82, 2.24) is 5.32 Å². The number of likely N-dealkylation sites (N-methyl/N-ethyl adjacent to an activating group) is 1. The largest absolute Gasteiger partial charge is 0.353 e. The van der Waals surface area contributed by atoms with E-state index in [1.54, 1.807) is 12.1 Å². The van der Waals surface area contributed by atoms with Crippen LogP contribution in [0.4, 0.5) is 4.39 Å². The fraction of sp³-hybridized carbons (Fsp3) is 0.250. The summed E-state index contributed by atoms with van der Waals surface area (Å²) in [5, 5.41) is 2.67. The Morgan fingerprint density at radius 3 is 2.53 bits per heavy atom. The van der Waals surface area contributed by atoms with E-state index in [4.69, 9.17) is 0 Å². The Balaban J connectivity index is 2.79. The number of hydrogen-bond donors (Lipinski definition) is 1. The van der Waals surface area contributed by atoms with Crippen molar-refractivity contribution in [3.63, 3.8) is 0 Å². The van der Waals surface area contributed by atoms with Crippen LogP contribution in [0.25, 0.3) is 5.57 Å². The zero-order valence-corrected chi connectivity index (χ0v) is 8.88. The van der Waals surface area contributed by atoms with E-state index in [2.05, 4.69) is 5.32 Å². The maximum atomic E-state index is 12.6. The van der Waals surface area contributed by atoms with E-state index in [1.165, 1.54) is 18.2 Å². The van der Waals surface area contributed by atoms with E-state index in [0.717, 1.165) is 11.1 Å². The molecule has 0 saturated carbocycles. The van der Waals surface area contributed by atoms with Crippen LogP contribution in [0.2, 0.25) is 0 Å². The lowest BCUT2D eigenvalue weighted by atomic mass is 10.1. The summed E-state index contributed by atoms with van der Waals surface area (Å²) in [6.45, 7) is 4.29. The van der Waals surface area contributed by atoms with Gasteiger partial charge >= 0.3 is 0 Å². The molecule has 80 valence electrons.